The van der Waals surface area contributed by atoms with Crippen molar-refractivity contribution in [2.45, 2.75) is 37.7 Å². The van der Waals surface area contributed by atoms with Crippen LogP contribution < -0.4 is 0 Å². The fourth-order valence-electron chi connectivity index (χ4n) is 4.07. The van der Waals surface area contributed by atoms with Crippen molar-refractivity contribution in [1.82, 2.24) is 0 Å². The Morgan fingerprint density at radius 2 is 1.94 bits per heavy atom. The van der Waals surface area contributed by atoms with Crippen molar-refractivity contribution < 1.29 is 18.7 Å². The topological polar surface area (TPSA) is 43.4 Å². The summed E-state index contributed by atoms with van der Waals surface area (Å²) in [6.07, 6.45) is 3.99. The molecule has 0 saturated heterocycles. The second kappa shape index (κ2) is 3.28. The van der Waals surface area contributed by atoms with Gasteiger partial charge in [0.05, 0.1) is 0 Å². The number of alkyl halides is 1. The minimum absolute atomic E-state index is 0.0682. The van der Waals surface area contributed by atoms with E-state index in [9.17, 15) is 14.0 Å². The number of ketones is 1. The number of rotatable bonds is 2. The molecule has 88 valence electrons. The minimum atomic E-state index is -1.06. The summed E-state index contributed by atoms with van der Waals surface area (Å²) in [6, 6.07) is 0. The molecule has 4 rings (SSSR count). The van der Waals surface area contributed by atoms with Gasteiger partial charge in [0.1, 0.15) is 11.4 Å². The van der Waals surface area contributed by atoms with Crippen LogP contribution in [0.15, 0.2) is 0 Å². The molecule has 2 unspecified atom stereocenters. The summed E-state index contributed by atoms with van der Waals surface area (Å²) in [6.45, 7) is -1.06. The lowest BCUT2D eigenvalue weighted by molar-refractivity contribution is -0.190. The molecule has 4 fully saturated rings. The van der Waals surface area contributed by atoms with E-state index < -0.39 is 18.2 Å². The van der Waals surface area contributed by atoms with E-state index >= 15 is 0 Å². The maximum absolute atomic E-state index is 12.2. The lowest BCUT2D eigenvalue weighted by Crippen LogP contribution is -2.57. The second-order valence-corrected chi connectivity index (χ2v) is 5.54. The van der Waals surface area contributed by atoms with Gasteiger partial charge >= 0.3 is 5.97 Å². The van der Waals surface area contributed by atoms with Crippen LogP contribution in [0, 0.1) is 17.8 Å². The van der Waals surface area contributed by atoms with Crippen LogP contribution in [0.3, 0.4) is 0 Å². The van der Waals surface area contributed by atoms with Crippen molar-refractivity contribution in [1.29, 1.82) is 0 Å². The van der Waals surface area contributed by atoms with Crippen molar-refractivity contribution in [2.75, 3.05) is 6.67 Å². The van der Waals surface area contributed by atoms with Crippen LogP contribution in [0.4, 0.5) is 4.39 Å². The first kappa shape index (κ1) is 10.2. The maximum atomic E-state index is 12.2. The Balaban J connectivity index is 1.83. The maximum Gasteiger partial charge on any atom is 0.338 e. The number of hydrogen-bond acceptors (Lipinski definition) is 3. The summed E-state index contributed by atoms with van der Waals surface area (Å²) in [5.41, 5.74) is -0.506. The number of carbonyl (C=O) groups is 2. The molecule has 2 atom stereocenters. The van der Waals surface area contributed by atoms with Gasteiger partial charge in [-0.15, -0.1) is 0 Å². The second-order valence-electron chi connectivity index (χ2n) is 5.54. The van der Waals surface area contributed by atoms with Gasteiger partial charge in [0.2, 0.25) is 0 Å². The molecule has 0 aromatic carbocycles. The average Bonchev–Trinajstić information content (AvgIpc) is 2.24. The standard InChI is InChI=1S/C12H15FO3/c13-6-10(14)16-12-3-7-1-8(4-12)11(15)9(2-7)5-12/h7-9H,1-6H2. The van der Waals surface area contributed by atoms with Crippen LogP contribution in [-0.2, 0) is 14.3 Å². The predicted molar refractivity (Wildman–Crippen MR) is 53.4 cm³/mol. The Morgan fingerprint density at radius 1 is 1.31 bits per heavy atom. The highest BCUT2D eigenvalue weighted by Crippen LogP contribution is 2.55. The molecular weight excluding hydrogens is 211 g/mol. The first-order valence-electron chi connectivity index (χ1n) is 5.93. The quantitative estimate of drug-likeness (QED) is 0.672. The van der Waals surface area contributed by atoms with Gasteiger partial charge in [-0.1, -0.05) is 0 Å². The summed E-state index contributed by atoms with van der Waals surface area (Å²) < 4.78 is 17.5. The average molecular weight is 226 g/mol. The van der Waals surface area contributed by atoms with E-state index in [0.717, 1.165) is 19.3 Å². The summed E-state index contributed by atoms with van der Waals surface area (Å²) in [4.78, 5) is 23.0. The summed E-state index contributed by atoms with van der Waals surface area (Å²) in [5, 5.41) is 0. The van der Waals surface area contributed by atoms with E-state index in [-0.39, 0.29) is 11.8 Å². The number of Topliss-reactive ketones (excluding diaryl/α,β-unsaturated/α-hetero) is 1. The molecule has 16 heavy (non-hydrogen) atoms. The van der Waals surface area contributed by atoms with Crippen LogP contribution in [0.2, 0.25) is 0 Å². The fraction of sp³-hybridized carbons (Fsp3) is 0.833. The predicted octanol–water partition coefficient (Wildman–Crippen LogP) is 1.65. The molecular formula is C12H15FO3. The lowest BCUT2D eigenvalue weighted by Gasteiger charge is -2.54. The van der Waals surface area contributed by atoms with Crippen molar-refractivity contribution >= 4 is 11.8 Å². The lowest BCUT2D eigenvalue weighted by atomic mass is 9.53. The van der Waals surface area contributed by atoms with Gasteiger partial charge in [-0.2, -0.15) is 0 Å². The summed E-state index contributed by atoms with van der Waals surface area (Å²) >= 11 is 0. The third-order valence-electron chi connectivity index (χ3n) is 4.38. The van der Waals surface area contributed by atoms with Gasteiger partial charge in [0, 0.05) is 11.8 Å². The van der Waals surface area contributed by atoms with Crippen LogP contribution in [0.1, 0.15) is 32.1 Å². The van der Waals surface area contributed by atoms with Crippen LogP contribution in [0.5, 0.6) is 0 Å². The normalized spacial score (nSPS) is 44.8. The molecule has 4 heteroatoms. The molecule has 0 amide bonds. The van der Waals surface area contributed by atoms with Gasteiger partial charge in [0.25, 0.3) is 0 Å². The smallest absolute Gasteiger partial charge is 0.338 e. The van der Waals surface area contributed by atoms with Crippen LogP contribution in [0.25, 0.3) is 0 Å². The van der Waals surface area contributed by atoms with E-state index in [2.05, 4.69) is 0 Å². The van der Waals surface area contributed by atoms with E-state index in [4.69, 9.17) is 4.74 Å². The first-order valence-corrected chi connectivity index (χ1v) is 5.93. The van der Waals surface area contributed by atoms with Gasteiger partial charge in [0.15, 0.2) is 6.67 Å². The zero-order chi connectivity index (χ0) is 11.3. The Hall–Kier alpha value is -0.930. The SMILES string of the molecule is O=C(CF)OC12CC3CC(C1)C(=O)C(C3)C2. The molecule has 0 aliphatic heterocycles. The van der Waals surface area contributed by atoms with Crippen molar-refractivity contribution in [3.8, 4) is 0 Å². The zero-order valence-corrected chi connectivity index (χ0v) is 9.08. The molecule has 0 heterocycles. The van der Waals surface area contributed by atoms with Crippen LogP contribution >= 0.6 is 0 Å². The van der Waals surface area contributed by atoms with E-state index in [1.807, 2.05) is 0 Å². The molecule has 3 nitrogen and oxygen atoms in total. The Kier molecular flexibility index (Phi) is 2.10. The number of hydrogen-bond donors (Lipinski definition) is 0. The molecule has 0 aromatic heterocycles. The van der Waals surface area contributed by atoms with Gasteiger partial charge in [-0.05, 0) is 38.0 Å². The highest BCUT2D eigenvalue weighted by atomic mass is 19.1. The molecule has 0 radical (unpaired) electrons. The van der Waals surface area contributed by atoms with Crippen LogP contribution in [-0.4, -0.2) is 24.0 Å². The zero-order valence-electron chi connectivity index (χ0n) is 9.08. The third-order valence-corrected chi connectivity index (χ3v) is 4.38. The summed E-state index contributed by atoms with van der Waals surface area (Å²) in [5.74, 6) is 0.220. The Bertz CT molecular complexity index is 334. The summed E-state index contributed by atoms with van der Waals surface area (Å²) in [7, 11) is 0. The molecule has 0 aromatic rings. The van der Waals surface area contributed by atoms with E-state index in [1.165, 1.54) is 0 Å². The highest BCUT2D eigenvalue weighted by molar-refractivity contribution is 5.86. The van der Waals surface area contributed by atoms with Crippen molar-refractivity contribution in [3.05, 3.63) is 0 Å². The molecule has 4 saturated carbocycles. The van der Waals surface area contributed by atoms with Gasteiger partial charge < -0.3 is 4.74 Å². The number of ether oxygens (including phenoxy) is 1. The third kappa shape index (κ3) is 1.39. The van der Waals surface area contributed by atoms with E-state index in [1.54, 1.807) is 0 Å². The highest BCUT2D eigenvalue weighted by Gasteiger charge is 2.57. The van der Waals surface area contributed by atoms with Gasteiger partial charge in [-0.3, -0.25) is 4.79 Å². The fourth-order valence-corrected chi connectivity index (χ4v) is 4.07. The number of esters is 1. The van der Waals surface area contributed by atoms with Gasteiger partial charge in [-0.25, -0.2) is 9.18 Å². The minimum Gasteiger partial charge on any atom is -0.457 e. The molecule has 4 bridgehead atoms. The number of carbonyl (C=O) groups excluding carboxylic acids is 2. The largest absolute Gasteiger partial charge is 0.457 e. The molecule has 0 N–H and O–H groups in total. The monoisotopic (exact) mass is 226 g/mol. The Morgan fingerprint density at radius 3 is 2.50 bits per heavy atom. The molecule has 4 aliphatic rings. The van der Waals surface area contributed by atoms with E-state index in [0.29, 0.717) is 24.5 Å². The first-order chi connectivity index (χ1) is 7.62. The molecule has 4 aliphatic carbocycles. The van der Waals surface area contributed by atoms with Crippen molar-refractivity contribution in [3.63, 3.8) is 0 Å². The Labute approximate surface area is 93.3 Å². The molecule has 0 spiro atoms. The number of halogens is 1. The van der Waals surface area contributed by atoms with Crippen molar-refractivity contribution in [2.24, 2.45) is 17.8 Å².